The van der Waals surface area contributed by atoms with E-state index in [0.717, 1.165) is 36.5 Å². The smallest absolute Gasteiger partial charge is 0.160 e. The third-order valence-corrected chi connectivity index (χ3v) is 6.01. The van der Waals surface area contributed by atoms with Crippen molar-refractivity contribution >= 4 is 0 Å². The Morgan fingerprint density at radius 2 is 1.16 bits per heavy atom. The Balaban J connectivity index is 1.60. The molecule has 4 nitrogen and oxygen atoms in total. The summed E-state index contributed by atoms with van der Waals surface area (Å²) in [6, 6.07) is 4.20. The highest BCUT2D eigenvalue weighted by Crippen LogP contribution is 2.17. The van der Waals surface area contributed by atoms with E-state index < -0.39 is 0 Å². The van der Waals surface area contributed by atoms with E-state index in [1.54, 1.807) is 12.4 Å². The maximum atomic E-state index is 5.81. The molecule has 0 aliphatic heterocycles. The van der Waals surface area contributed by atoms with Crippen LogP contribution >= 0.6 is 0 Å². The molecule has 4 heteroatoms. The first-order valence-corrected chi connectivity index (χ1v) is 13.2. The monoisotopic (exact) mass is 439 g/mol. The van der Waals surface area contributed by atoms with Crippen LogP contribution in [-0.4, -0.2) is 21.6 Å². The molecule has 2 aromatic rings. The Hall–Kier alpha value is -1.97. The molecule has 0 radical (unpaired) electrons. The summed E-state index contributed by atoms with van der Waals surface area (Å²) in [6.45, 7) is 5.27. The van der Waals surface area contributed by atoms with Crippen LogP contribution in [0.25, 0.3) is 11.4 Å². The minimum absolute atomic E-state index is 0.708. The number of unbranched alkanes of at least 4 members (excludes halogenated alkanes) is 13. The van der Waals surface area contributed by atoms with Crippen LogP contribution in [0.15, 0.2) is 30.7 Å². The van der Waals surface area contributed by atoms with Crippen molar-refractivity contribution in [1.29, 1.82) is 0 Å². The van der Waals surface area contributed by atoms with Gasteiger partial charge in [0.05, 0.1) is 19.0 Å². The van der Waals surface area contributed by atoms with E-state index in [-0.39, 0.29) is 0 Å². The Bertz CT molecular complexity index is 685. The third-order valence-electron chi connectivity index (χ3n) is 6.01. The van der Waals surface area contributed by atoms with E-state index in [0.29, 0.717) is 5.82 Å². The van der Waals surface area contributed by atoms with Crippen LogP contribution < -0.4 is 4.74 Å². The van der Waals surface area contributed by atoms with Crippen molar-refractivity contribution in [2.45, 2.75) is 117 Å². The maximum Gasteiger partial charge on any atom is 0.160 e. The van der Waals surface area contributed by atoms with Gasteiger partial charge in [0.2, 0.25) is 0 Å². The molecular formula is C28H45N3O. The summed E-state index contributed by atoms with van der Waals surface area (Å²) >= 11 is 0. The second kappa shape index (κ2) is 17.6. The van der Waals surface area contributed by atoms with Crippen molar-refractivity contribution in [2.24, 2.45) is 0 Å². The molecule has 32 heavy (non-hydrogen) atoms. The fourth-order valence-electron chi connectivity index (χ4n) is 3.93. The zero-order valence-corrected chi connectivity index (χ0v) is 20.7. The first-order valence-electron chi connectivity index (χ1n) is 13.2. The molecule has 0 unspecified atom stereocenters. The number of aromatic nitrogens is 3. The van der Waals surface area contributed by atoms with E-state index in [4.69, 9.17) is 4.74 Å². The summed E-state index contributed by atoms with van der Waals surface area (Å²) in [7, 11) is 0. The molecule has 0 N–H and O–H groups in total. The average molecular weight is 440 g/mol. The first-order chi connectivity index (χ1) is 15.8. The number of ether oxygens (including phenoxy) is 1. The van der Waals surface area contributed by atoms with Crippen LogP contribution in [-0.2, 0) is 6.42 Å². The molecule has 0 atom stereocenters. The molecule has 178 valence electrons. The number of rotatable bonds is 19. The molecule has 2 rings (SSSR count). The van der Waals surface area contributed by atoms with Gasteiger partial charge < -0.3 is 4.74 Å². The molecular weight excluding hydrogens is 394 g/mol. The van der Waals surface area contributed by atoms with E-state index in [1.165, 1.54) is 89.9 Å². The highest BCUT2D eigenvalue weighted by Gasteiger charge is 2.04. The molecule has 0 spiro atoms. The van der Waals surface area contributed by atoms with Gasteiger partial charge in [-0.2, -0.15) is 0 Å². The van der Waals surface area contributed by atoms with Crippen LogP contribution in [0.1, 0.15) is 116 Å². The Labute approximate surface area is 196 Å². The van der Waals surface area contributed by atoms with Crippen molar-refractivity contribution < 1.29 is 4.74 Å². The fraction of sp³-hybridized carbons (Fsp3) is 0.679. The van der Waals surface area contributed by atoms with Gasteiger partial charge in [-0.25, -0.2) is 9.97 Å². The van der Waals surface area contributed by atoms with Gasteiger partial charge in [0, 0.05) is 17.5 Å². The number of pyridine rings is 1. The molecule has 0 amide bonds. The van der Waals surface area contributed by atoms with Crippen LogP contribution in [0.5, 0.6) is 5.75 Å². The number of hydrogen-bond acceptors (Lipinski definition) is 4. The zero-order chi connectivity index (χ0) is 22.7. The lowest BCUT2D eigenvalue weighted by molar-refractivity contribution is 0.302. The quantitative estimate of drug-likeness (QED) is 0.206. The van der Waals surface area contributed by atoms with E-state index >= 15 is 0 Å². The lowest BCUT2D eigenvalue weighted by Crippen LogP contribution is -1.99. The lowest BCUT2D eigenvalue weighted by Gasteiger charge is -2.07. The Morgan fingerprint density at radius 1 is 0.594 bits per heavy atom. The molecule has 0 fully saturated rings. The molecule has 0 saturated heterocycles. The van der Waals surface area contributed by atoms with Gasteiger partial charge in [0.1, 0.15) is 0 Å². The standard InChI is InChI=1S/C28H45N3O/c1-3-5-7-9-11-13-15-17-21-32-27-23-30-28(31-24-27)25-19-20-26(29-22-25)18-16-14-12-10-8-6-4-2/h19-20,22-24H,3-18,21H2,1-2H3. The second-order valence-electron chi connectivity index (χ2n) is 8.98. The largest absolute Gasteiger partial charge is 0.490 e. The Kier molecular flexibility index (Phi) is 14.4. The van der Waals surface area contributed by atoms with Gasteiger partial charge in [0.15, 0.2) is 11.6 Å². The van der Waals surface area contributed by atoms with Crippen molar-refractivity contribution in [3.05, 3.63) is 36.4 Å². The molecule has 0 saturated carbocycles. The van der Waals surface area contributed by atoms with Gasteiger partial charge >= 0.3 is 0 Å². The molecule has 0 bridgehead atoms. The van der Waals surface area contributed by atoms with Gasteiger partial charge in [0.25, 0.3) is 0 Å². The molecule has 0 aliphatic rings. The van der Waals surface area contributed by atoms with Crippen molar-refractivity contribution in [3.8, 4) is 17.1 Å². The fourth-order valence-corrected chi connectivity index (χ4v) is 3.93. The first kappa shape index (κ1) is 26.3. The van der Waals surface area contributed by atoms with Crippen molar-refractivity contribution in [3.63, 3.8) is 0 Å². The minimum atomic E-state index is 0.708. The van der Waals surface area contributed by atoms with Crippen molar-refractivity contribution in [2.75, 3.05) is 6.61 Å². The summed E-state index contributed by atoms with van der Waals surface area (Å²) in [5, 5.41) is 0. The summed E-state index contributed by atoms with van der Waals surface area (Å²) in [6.07, 6.45) is 26.3. The predicted octanol–water partition coefficient (Wildman–Crippen LogP) is 8.35. The van der Waals surface area contributed by atoms with E-state index in [1.807, 2.05) is 6.20 Å². The van der Waals surface area contributed by atoms with Crippen molar-refractivity contribution in [1.82, 2.24) is 15.0 Å². The summed E-state index contributed by atoms with van der Waals surface area (Å²) in [5.74, 6) is 1.46. The number of nitrogens with zero attached hydrogens (tertiary/aromatic N) is 3. The normalized spacial score (nSPS) is 11.1. The number of aryl methyl sites for hydroxylation is 1. The second-order valence-corrected chi connectivity index (χ2v) is 8.98. The van der Waals surface area contributed by atoms with E-state index in [9.17, 15) is 0 Å². The summed E-state index contributed by atoms with van der Waals surface area (Å²) in [5.41, 5.74) is 2.12. The molecule has 2 heterocycles. The highest BCUT2D eigenvalue weighted by molar-refractivity contribution is 5.53. The van der Waals surface area contributed by atoms with Crippen LogP contribution in [0.3, 0.4) is 0 Å². The Morgan fingerprint density at radius 3 is 1.72 bits per heavy atom. The lowest BCUT2D eigenvalue weighted by atomic mass is 10.1. The summed E-state index contributed by atoms with van der Waals surface area (Å²) < 4.78 is 5.81. The predicted molar refractivity (Wildman–Crippen MR) is 135 cm³/mol. The van der Waals surface area contributed by atoms with E-state index in [2.05, 4.69) is 40.9 Å². The number of hydrogen-bond donors (Lipinski definition) is 0. The molecule has 2 aromatic heterocycles. The SMILES string of the molecule is CCCCCCCCCCOc1cnc(-c2ccc(CCCCCCCCC)nc2)nc1. The third kappa shape index (κ3) is 11.6. The topological polar surface area (TPSA) is 47.9 Å². The van der Waals surface area contributed by atoms with Gasteiger partial charge in [-0.05, 0) is 31.4 Å². The maximum absolute atomic E-state index is 5.81. The van der Waals surface area contributed by atoms with Crippen LogP contribution in [0, 0.1) is 0 Å². The van der Waals surface area contributed by atoms with Gasteiger partial charge in [-0.1, -0.05) is 97.3 Å². The zero-order valence-electron chi connectivity index (χ0n) is 20.7. The van der Waals surface area contributed by atoms with Crippen LogP contribution in [0.2, 0.25) is 0 Å². The van der Waals surface area contributed by atoms with Crippen LogP contribution in [0.4, 0.5) is 0 Å². The van der Waals surface area contributed by atoms with Gasteiger partial charge in [-0.3, -0.25) is 4.98 Å². The molecule has 0 aromatic carbocycles. The average Bonchev–Trinajstić information content (AvgIpc) is 2.83. The van der Waals surface area contributed by atoms with Gasteiger partial charge in [-0.15, -0.1) is 0 Å². The summed E-state index contributed by atoms with van der Waals surface area (Å²) in [4.78, 5) is 13.6. The molecule has 0 aliphatic carbocycles. The highest BCUT2D eigenvalue weighted by atomic mass is 16.5. The minimum Gasteiger partial charge on any atom is -0.490 e.